The molecule has 1 aromatic heterocycles. The number of piperidine rings is 1. The van der Waals surface area contributed by atoms with Crippen LogP contribution in [0.15, 0.2) is 12.5 Å². The van der Waals surface area contributed by atoms with Crippen LogP contribution in [0.5, 0.6) is 0 Å². The van der Waals surface area contributed by atoms with E-state index in [1.807, 2.05) is 4.90 Å². The summed E-state index contributed by atoms with van der Waals surface area (Å²) in [5.74, 6) is -0.853. The van der Waals surface area contributed by atoms with E-state index in [1.165, 1.54) is 0 Å². The van der Waals surface area contributed by atoms with Crippen molar-refractivity contribution in [3.05, 3.63) is 18.2 Å². The number of likely N-dealkylation sites (tertiary alicyclic amines) is 1. The highest BCUT2D eigenvalue weighted by atomic mass is 16.4. The monoisotopic (exact) mass is 265 g/mol. The molecule has 1 fully saturated rings. The highest BCUT2D eigenvalue weighted by Crippen LogP contribution is 2.22. The SMILES string of the molecule is Cn1cncc1C(=O)N1CCCCC1CCC(=O)O. The first-order chi connectivity index (χ1) is 9.09. The largest absolute Gasteiger partial charge is 0.481 e. The Hall–Kier alpha value is -1.85. The predicted molar refractivity (Wildman–Crippen MR) is 68.8 cm³/mol. The second-order valence-corrected chi connectivity index (χ2v) is 4.97. The minimum absolute atomic E-state index is 0.0345. The van der Waals surface area contributed by atoms with Crippen LogP contribution >= 0.6 is 0 Å². The lowest BCUT2D eigenvalue weighted by molar-refractivity contribution is -0.137. The molecule has 1 saturated heterocycles. The molecule has 1 N–H and O–H groups in total. The van der Waals surface area contributed by atoms with Crippen molar-refractivity contribution in [1.29, 1.82) is 0 Å². The number of carboxylic acids is 1. The Labute approximate surface area is 112 Å². The third kappa shape index (κ3) is 3.13. The van der Waals surface area contributed by atoms with Crippen LogP contribution in [0.4, 0.5) is 0 Å². The van der Waals surface area contributed by atoms with Crippen LogP contribution in [0.1, 0.15) is 42.6 Å². The fraction of sp³-hybridized carbons (Fsp3) is 0.615. The number of hydrogen-bond acceptors (Lipinski definition) is 3. The Morgan fingerprint density at radius 3 is 2.89 bits per heavy atom. The van der Waals surface area contributed by atoms with Crippen LogP contribution < -0.4 is 0 Å². The Kier molecular flexibility index (Phi) is 4.19. The second-order valence-electron chi connectivity index (χ2n) is 4.97. The maximum Gasteiger partial charge on any atom is 0.303 e. The van der Waals surface area contributed by atoms with Crippen molar-refractivity contribution >= 4 is 11.9 Å². The molecule has 1 atom stereocenters. The number of aliphatic carboxylic acids is 1. The van der Waals surface area contributed by atoms with E-state index in [-0.39, 0.29) is 18.4 Å². The van der Waals surface area contributed by atoms with E-state index < -0.39 is 5.97 Å². The third-order valence-corrected chi connectivity index (χ3v) is 3.62. The molecule has 6 nitrogen and oxygen atoms in total. The van der Waals surface area contributed by atoms with Gasteiger partial charge in [0.2, 0.25) is 0 Å². The zero-order valence-corrected chi connectivity index (χ0v) is 11.1. The molecular formula is C13H19N3O3. The van der Waals surface area contributed by atoms with E-state index in [1.54, 1.807) is 24.1 Å². The fourth-order valence-electron chi connectivity index (χ4n) is 2.57. The van der Waals surface area contributed by atoms with E-state index in [9.17, 15) is 9.59 Å². The van der Waals surface area contributed by atoms with Crippen LogP contribution in [0.2, 0.25) is 0 Å². The molecule has 1 aromatic rings. The van der Waals surface area contributed by atoms with E-state index in [4.69, 9.17) is 5.11 Å². The zero-order valence-electron chi connectivity index (χ0n) is 11.1. The van der Waals surface area contributed by atoms with Gasteiger partial charge in [0.15, 0.2) is 0 Å². The van der Waals surface area contributed by atoms with Gasteiger partial charge in [0.05, 0.1) is 12.5 Å². The number of aryl methyl sites for hydroxylation is 1. The van der Waals surface area contributed by atoms with Crippen LogP contribution in [0.25, 0.3) is 0 Å². The van der Waals surface area contributed by atoms with Crippen molar-refractivity contribution in [3.63, 3.8) is 0 Å². The van der Waals surface area contributed by atoms with Gasteiger partial charge in [0.25, 0.3) is 5.91 Å². The van der Waals surface area contributed by atoms with Crippen molar-refractivity contribution < 1.29 is 14.7 Å². The van der Waals surface area contributed by atoms with Crippen LogP contribution in [0, 0.1) is 0 Å². The van der Waals surface area contributed by atoms with Gasteiger partial charge < -0.3 is 14.6 Å². The molecule has 2 rings (SSSR count). The molecular weight excluding hydrogens is 246 g/mol. The summed E-state index contributed by atoms with van der Waals surface area (Å²) >= 11 is 0. The Morgan fingerprint density at radius 2 is 2.26 bits per heavy atom. The smallest absolute Gasteiger partial charge is 0.303 e. The molecule has 0 bridgehead atoms. The molecule has 6 heteroatoms. The summed E-state index contributed by atoms with van der Waals surface area (Å²) in [7, 11) is 1.79. The average Bonchev–Trinajstić information content (AvgIpc) is 2.82. The number of rotatable bonds is 4. The first-order valence-electron chi connectivity index (χ1n) is 6.58. The summed E-state index contributed by atoms with van der Waals surface area (Å²) in [6, 6.07) is 0.0345. The summed E-state index contributed by atoms with van der Waals surface area (Å²) in [6.45, 7) is 0.703. The molecule has 2 heterocycles. The van der Waals surface area contributed by atoms with Crippen molar-refractivity contribution in [2.45, 2.75) is 38.1 Å². The summed E-state index contributed by atoms with van der Waals surface area (Å²) in [6.07, 6.45) is 6.72. The Morgan fingerprint density at radius 1 is 1.47 bits per heavy atom. The number of carboxylic acid groups (broad SMARTS) is 1. The maximum atomic E-state index is 12.5. The van der Waals surface area contributed by atoms with Gasteiger partial charge >= 0.3 is 5.97 Å². The number of hydrogen-bond donors (Lipinski definition) is 1. The molecule has 1 aliphatic heterocycles. The van der Waals surface area contributed by atoms with Gasteiger partial charge in [-0.2, -0.15) is 0 Å². The molecule has 0 spiro atoms. The van der Waals surface area contributed by atoms with E-state index >= 15 is 0 Å². The highest BCUT2D eigenvalue weighted by molar-refractivity contribution is 5.92. The van der Waals surface area contributed by atoms with Gasteiger partial charge in [0, 0.05) is 26.1 Å². The van der Waals surface area contributed by atoms with Gasteiger partial charge in [-0.25, -0.2) is 4.98 Å². The maximum absolute atomic E-state index is 12.5. The summed E-state index contributed by atoms with van der Waals surface area (Å²) in [5, 5.41) is 8.78. The quantitative estimate of drug-likeness (QED) is 0.889. The second kappa shape index (κ2) is 5.86. The molecule has 0 radical (unpaired) electrons. The van der Waals surface area contributed by atoms with Gasteiger partial charge in [-0.05, 0) is 25.7 Å². The van der Waals surface area contributed by atoms with E-state index in [2.05, 4.69) is 4.98 Å². The third-order valence-electron chi connectivity index (χ3n) is 3.62. The number of imidazole rings is 1. The number of carbonyl (C=O) groups excluding carboxylic acids is 1. The summed E-state index contributed by atoms with van der Waals surface area (Å²) in [4.78, 5) is 28.9. The lowest BCUT2D eigenvalue weighted by Gasteiger charge is -2.35. The lowest BCUT2D eigenvalue weighted by atomic mass is 9.97. The number of aromatic nitrogens is 2. The fourth-order valence-corrected chi connectivity index (χ4v) is 2.57. The average molecular weight is 265 g/mol. The molecule has 1 aliphatic rings. The van der Waals surface area contributed by atoms with Gasteiger partial charge in [-0.15, -0.1) is 0 Å². The van der Waals surface area contributed by atoms with Crippen LogP contribution in [-0.4, -0.2) is 44.0 Å². The van der Waals surface area contributed by atoms with Crippen molar-refractivity contribution in [2.24, 2.45) is 7.05 Å². The van der Waals surface area contributed by atoms with Crippen LogP contribution in [0.3, 0.4) is 0 Å². The molecule has 104 valence electrons. The molecule has 0 aromatic carbocycles. The normalized spacial score (nSPS) is 19.4. The molecule has 19 heavy (non-hydrogen) atoms. The first-order valence-corrected chi connectivity index (χ1v) is 6.58. The van der Waals surface area contributed by atoms with Gasteiger partial charge in [-0.1, -0.05) is 0 Å². The van der Waals surface area contributed by atoms with Crippen molar-refractivity contribution in [3.8, 4) is 0 Å². The van der Waals surface area contributed by atoms with Crippen LogP contribution in [-0.2, 0) is 11.8 Å². The van der Waals surface area contributed by atoms with E-state index in [0.29, 0.717) is 18.7 Å². The number of carbonyl (C=O) groups is 2. The zero-order chi connectivity index (χ0) is 13.8. The standard InChI is InChI=1S/C13H19N3O3/c1-15-9-14-8-11(15)13(19)16-7-3-2-4-10(16)5-6-12(17)18/h8-10H,2-7H2,1H3,(H,17,18). The summed E-state index contributed by atoms with van der Waals surface area (Å²) in [5.41, 5.74) is 0.558. The molecule has 0 aliphatic carbocycles. The van der Waals surface area contributed by atoms with E-state index in [0.717, 1.165) is 19.3 Å². The lowest BCUT2D eigenvalue weighted by Crippen LogP contribution is -2.44. The minimum Gasteiger partial charge on any atom is -0.481 e. The van der Waals surface area contributed by atoms with Gasteiger partial charge in [0.1, 0.15) is 5.69 Å². The Bertz CT molecular complexity index is 469. The molecule has 1 amide bonds. The molecule has 0 saturated carbocycles. The Balaban J connectivity index is 2.08. The number of amides is 1. The van der Waals surface area contributed by atoms with Crippen molar-refractivity contribution in [1.82, 2.24) is 14.5 Å². The first kappa shape index (κ1) is 13.6. The van der Waals surface area contributed by atoms with Gasteiger partial charge in [-0.3, -0.25) is 9.59 Å². The predicted octanol–water partition coefficient (Wildman–Crippen LogP) is 1.28. The molecule has 1 unspecified atom stereocenters. The number of nitrogens with zero attached hydrogens (tertiary/aromatic N) is 3. The topological polar surface area (TPSA) is 75.4 Å². The highest BCUT2D eigenvalue weighted by Gasteiger charge is 2.28. The summed E-state index contributed by atoms with van der Waals surface area (Å²) < 4.78 is 1.70. The minimum atomic E-state index is -0.807. The van der Waals surface area contributed by atoms with Crippen molar-refractivity contribution in [2.75, 3.05) is 6.54 Å².